The highest BCUT2D eigenvalue weighted by atomic mass is 35.5. The molecule has 100 valence electrons. The lowest BCUT2D eigenvalue weighted by atomic mass is 10.1. The SMILES string of the molecule is Oc1ccc(-c2ccc(Cl)cc2Cl)nc1C(F)(F)F. The molecule has 0 saturated heterocycles. The molecule has 0 spiro atoms. The van der Waals surface area contributed by atoms with E-state index in [1.54, 1.807) is 0 Å². The number of rotatable bonds is 1. The van der Waals surface area contributed by atoms with Gasteiger partial charge in [0.05, 0.1) is 10.7 Å². The Kier molecular flexibility index (Phi) is 3.60. The molecule has 0 amide bonds. The zero-order chi connectivity index (χ0) is 14.2. The maximum Gasteiger partial charge on any atom is 0.437 e. The van der Waals surface area contributed by atoms with Crippen molar-refractivity contribution in [3.05, 3.63) is 46.1 Å². The second-order valence-corrected chi connectivity index (χ2v) is 4.53. The van der Waals surface area contributed by atoms with Gasteiger partial charge < -0.3 is 5.11 Å². The maximum atomic E-state index is 12.6. The van der Waals surface area contributed by atoms with Gasteiger partial charge in [-0.15, -0.1) is 0 Å². The average molecular weight is 308 g/mol. The Labute approximate surface area is 116 Å². The van der Waals surface area contributed by atoms with Crippen molar-refractivity contribution < 1.29 is 18.3 Å². The molecule has 2 aromatic rings. The van der Waals surface area contributed by atoms with Crippen LogP contribution in [-0.4, -0.2) is 10.1 Å². The Balaban J connectivity index is 2.58. The van der Waals surface area contributed by atoms with Crippen molar-refractivity contribution in [3.63, 3.8) is 0 Å². The highest BCUT2D eigenvalue weighted by Gasteiger charge is 2.36. The Morgan fingerprint density at radius 3 is 2.32 bits per heavy atom. The van der Waals surface area contributed by atoms with Crippen LogP contribution < -0.4 is 0 Å². The number of alkyl halides is 3. The fourth-order valence-electron chi connectivity index (χ4n) is 1.51. The minimum Gasteiger partial charge on any atom is -0.506 e. The van der Waals surface area contributed by atoms with Gasteiger partial charge in [0.15, 0.2) is 5.69 Å². The number of benzene rings is 1. The normalized spacial score (nSPS) is 11.6. The van der Waals surface area contributed by atoms with Gasteiger partial charge in [-0.3, -0.25) is 0 Å². The largest absolute Gasteiger partial charge is 0.506 e. The Morgan fingerprint density at radius 1 is 1.05 bits per heavy atom. The zero-order valence-electron chi connectivity index (χ0n) is 9.17. The predicted molar refractivity (Wildman–Crippen MR) is 66.4 cm³/mol. The molecule has 1 aromatic carbocycles. The number of aromatic nitrogens is 1. The van der Waals surface area contributed by atoms with Crippen molar-refractivity contribution in [2.45, 2.75) is 6.18 Å². The molecule has 1 heterocycles. The van der Waals surface area contributed by atoms with Crippen molar-refractivity contribution in [3.8, 4) is 17.0 Å². The van der Waals surface area contributed by atoms with Gasteiger partial charge in [-0.1, -0.05) is 23.2 Å². The first-order valence-corrected chi connectivity index (χ1v) is 5.77. The molecule has 0 fully saturated rings. The molecule has 1 aromatic heterocycles. The summed E-state index contributed by atoms with van der Waals surface area (Å²) in [7, 11) is 0. The summed E-state index contributed by atoms with van der Waals surface area (Å²) in [5.41, 5.74) is -1.04. The lowest BCUT2D eigenvalue weighted by Crippen LogP contribution is -2.08. The van der Waals surface area contributed by atoms with Crippen LogP contribution in [0.2, 0.25) is 10.0 Å². The van der Waals surface area contributed by atoms with Crippen LogP contribution >= 0.6 is 23.2 Å². The summed E-state index contributed by atoms with van der Waals surface area (Å²) in [6.07, 6.45) is -4.74. The molecular weight excluding hydrogens is 302 g/mol. The van der Waals surface area contributed by atoms with Crippen molar-refractivity contribution in [1.82, 2.24) is 4.98 Å². The lowest BCUT2D eigenvalue weighted by molar-refractivity contribution is -0.142. The van der Waals surface area contributed by atoms with E-state index in [4.69, 9.17) is 23.2 Å². The van der Waals surface area contributed by atoms with Crippen LogP contribution in [0.3, 0.4) is 0 Å². The Bertz CT molecular complexity index is 629. The van der Waals surface area contributed by atoms with E-state index in [-0.39, 0.29) is 10.7 Å². The first kappa shape index (κ1) is 14.0. The molecule has 0 bridgehead atoms. The topological polar surface area (TPSA) is 33.1 Å². The number of halogens is 5. The van der Waals surface area contributed by atoms with Crippen LogP contribution in [0.4, 0.5) is 13.2 Å². The third-order valence-corrected chi connectivity index (χ3v) is 2.90. The number of pyridine rings is 1. The molecule has 0 unspecified atom stereocenters. The fraction of sp³-hybridized carbons (Fsp3) is 0.0833. The van der Waals surface area contributed by atoms with Crippen LogP contribution in [0.5, 0.6) is 5.75 Å². The van der Waals surface area contributed by atoms with Crippen LogP contribution in [0.25, 0.3) is 11.3 Å². The summed E-state index contributed by atoms with van der Waals surface area (Å²) in [6.45, 7) is 0. The molecule has 19 heavy (non-hydrogen) atoms. The third kappa shape index (κ3) is 2.93. The van der Waals surface area contributed by atoms with Crippen LogP contribution in [0, 0.1) is 0 Å². The molecular formula is C12H6Cl2F3NO. The van der Waals surface area contributed by atoms with Gasteiger partial charge >= 0.3 is 6.18 Å². The maximum absolute atomic E-state index is 12.6. The molecule has 0 aliphatic heterocycles. The molecule has 2 nitrogen and oxygen atoms in total. The minimum absolute atomic E-state index is 0.00629. The predicted octanol–water partition coefficient (Wildman–Crippen LogP) is 4.78. The van der Waals surface area contributed by atoms with Gasteiger partial charge in [0.25, 0.3) is 0 Å². The van der Waals surface area contributed by atoms with E-state index < -0.39 is 17.6 Å². The van der Waals surface area contributed by atoms with Crippen molar-refractivity contribution >= 4 is 23.2 Å². The Morgan fingerprint density at radius 2 is 1.74 bits per heavy atom. The van der Waals surface area contributed by atoms with E-state index in [0.29, 0.717) is 10.6 Å². The highest BCUT2D eigenvalue weighted by molar-refractivity contribution is 6.36. The molecule has 2 rings (SSSR count). The molecule has 0 atom stereocenters. The summed E-state index contributed by atoms with van der Waals surface area (Å²) in [5.74, 6) is -0.929. The number of aromatic hydroxyl groups is 1. The number of hydrogen-bond donors (Lipinski definition) is 1. The van der Waals surface area contributed by atoms with E-state index in [1.807, 2.05) is 0 Å². The van der Waals surface area contributed by atoms with Gasteiger partial charge in [0.1, 0.15) is 5.75 Å². The summed E-state index contributed by atoms with van der Waals surface area (Å²) in [5, 5.41) is 9.74. The second-order valence-electron chi connectivity index (χ2n) is 3.69. The molecule has 0 radical (unpaired) electrons. The van der Waals surface area contributed by atoms with Gasteiger partial charge in [-0.25, -0.2) is 4.98 Å². The Hall–Kier alpha value is -1.46. The van der Waals surface area contributed by atoms with Gasteiger partial charge in [0.2, 0.25) is 0 Å². The van der Waals surface area contributed by atoms with Crippen LogP contribution in [0.15, 0.2) is 30.3 Å². The van der Waals surface area contributed by atoms with Gasteiger partial charge in [-0.2, -0.15) is 13.2 Å². The highest BCUT2D eigenvalue weighted by Crippen LogP contribution is 2.37. The summed E-state index contributed by atoms with van der Waals surface area (Å²) < 4.78 is 37.9. The molecule has 0 saturated carbocycles. The minimum atomic E-state index is -4.74. The summed E-state index contributed by atoms with van der Waals surface area (Å²) >= 11 is 11.6. The summed E-state index contributed by atoms with van der Waals surface area (Å²) in [4.78, 5) is 3.40. The summed E-state index contributed by atoms with van der Waals surface area (Å²) in [6, 6.07) is 6.53. The van der Waals surface area contributed by atoms with Crippen LogP contribution in [-0.2, 0) is 6.18 Å². The standard InChI is InChI=1S/C12H6Cl2F3NO/c13-6-1-2-7(8(14)5-6)9-3-4-10(19)11(18-9)12(15,16)17/h1-5,19H. The first-order valence-electron chi connectivity index (χ1n) is 5.01. The van der Waals surface area contributed by atoms with Crippen molar-refractivity contribution in [2.24, 2.45) is 0 Å². The first-order chi connectivity index (χ1) is 8.79. The van der Waals surface area contributed by atoms with E-state index in [2.05, 4.69) is 4.98 Å². The molecule has 0 aliphatic rings. The van der Waals surface area contributed by atoms with E-state index >= 15 is 0 Å². The lowest BCUT2D eigenvalue weighted by Gasteiger charge is -2.10. The van der Waals surface area contributed by atoms with Gasteiger partial charge in [-0.05, 0) is 30.3 Å². The fourth-order valence-corrected chi connectivity index (χ4v) is 2.01. The van der Waals surface area contributed by atoms with E-state index in [9.17, 15) is 18.3 Å². The van der Waals surface area contributed by atoms with E-state index in [0.717, 1.165) is 6.07 Å². The van der Waals surface area contributed by atoms with Crippen LogP contribution in [0.1, 0.15) is 5.69 Å². The van der Waals surface area contributed by atoms with E-state index in [1.165, 1.54) is 24.3 Å². The molecule has 1 N–H and O–H groups in total. The third-order valence-electron chi connectivity index (χ3n) is 2.35. The average Bonchev–Trinajstić information content (AvgIpc) is 2.29. The van der Waals surface area contributed by atoms with Crippen molar-refractivity contribution in [2.75, 3.05) is 0 Å². The van der Waals surface area contributed by atoms with Gasteiger partial charge in [0, 0.05) is 10.6 Å². The zero-order valence-corrected chi connectivity index (χ0v) is 10.7. The number of nitrogens with zero attached hydrogens (tertiary/aromatic N) is 1. The van der Waals surface area contributed by atoms with Crippen molar-refractivity contribution in [1.29, 1.82) is 0 Å². The number of hydrogen-bond acceptors (Lipinski definition) is 2. The second kappa shape index (κ2) is 4.90. The quantitative estimate of drug-likeness (QED) is 0.822. The molecule has 7 heteroatoms. The monoisotopic (exact) mass is 307 g/mol. The smallest absolute Gasteiger partial charge is 0.437 e. The molecule has 0 aliphatic carbocycles.